The Morgan fingerprint density at radius 1 is 1.26 bits per heavy atom. The van der Waals surface area contributed by atoms with Crippen LogP contribution in [0.5, 0.6) is 11.5 Å². The van der Waals surface area contributed by atoms with Gasteiger partial charge in [0.2, 0.25) is 0 Å². The highest BCUT2D eigenvalue weighted by molar-refractivity contribution is 9.10. The summed E-state index contributed by atoms with van der Waals surface area (Å²) in [6, 6.07) is 8.87. The van der Waals surface area contributed by atoms with Gasteiger partial charge in [0.05, 0.1) is 4.47 Å². The number of halogens is 2. The minimum atomic E-state index is -0.402. The smallest absolute Gasteiger partial charge is 0.162 e. The average molecular weight is 324 g/mol. The summed E-state index contributed by atoms with van der Waals surface area (Å²) in [7, 11) is 0. The molecule has 0 fully saturated rings. The molecular formula is C14H11BrFNO2. The SMILES string of the molecule is CC(=O)c1cc(Oc2cc(F)ccc2Br)ccc1N. The van der Waals surface area contributed by atoms with Gasteiger partial charge in [0.15, 0.2) is 5.78 Å². The van der Waals surface area contributed by atoms with E-state index in [0.29, 0.717) is 27.2 Å². The van der Waals surface area contributed by atoms with Gasteiger partial charge in [-0.3, -0.25) is 4.79 Å². The molecule has 5 heteroatoms. The summed E-state index contributed by atoms with van der Waals surface area (Å²) >= 11 is 3.27. The molecule has 3 nitrogen and oxygen atoms in total. The monoisotopic (exact) mass is 323 g/mol. The van der Waals surface area contributed by atoms with Crippen molar-refractivity contribution >= 4 is 27.4 Å². The van der Waals surface area contributed by atoms with Crippen LogP contribution in [0.3, 0.4) is 0 Å². The molecule has 0 aliphatic heterocycles. The van der Waals surface area contributed by atoms with E-state index >= 15 is 0 Å². The van der Waals surface area contributed by atoms with Crippen LogP contribution in [-0.4, -0.2) is 5.78 Å². The first kappa shape index (κ1) is 13.5. The van der Waals surface area contributed by atoms with Crippen molar-refractivity contribution in [3.05, 3.63) is 52.3 Å². The van der Waals surface area contributed by atoms with Crippen molar-refractivity contribution in [2.24, 2.45) is 0 Å². The number of carbonyl (C=O) groups is 1. The Bertz CT molecular complexity index is 643. The lowest BCUT2D eigenvalue weighted by Gasteiger charge is -2.10. The van der Waals surface area contributed by atoms with Crippen LogP contribution in [0, 0.1) is 5.82 Å². The van der Waals surface area contributed by atoms with Crippen LogP contribution in [0.2, 0.25) is 0 Å². The van der Waals surface area contributed by atoms with Gasteiger partial charge in [-0.15, -0.1) is 0 Å². The van der Waals surface area contributed by atoms with E-state index in [9.17, 15) is 9.18 Å². The van der Waals surface area contributed by atoms with Crippen LogP contribution in [0.4, 0.5) is 10.1 Å². The van der Waals surface area contributed by atoms with Gasteiger partial charge in [-0.1, -0.05) is 0 Å². The molecule has 2 aromatic carbocycles. The van der Waals surface area contributed by atoms with E-state index < -0.39 is 5.82 Å². The maximum Gasteiger partial charge on any atom is 0.162 e. The lowest BCUT2D eigenvalue weighted by Crippen LogP contribution is -2.00. The lowest BCUT2D eigenvalue weighted by atomic mass is 10.1. The van der Waals surface area contributed by atoms with Crippen molar-refractivity contribution in [3.63, 3.8) is 0 Å². The molecule has 0 radical (unpaired) electrons. The van der Waals surface area contributed by atoms with E-state index in [0.717, 1.165) is 0 Å². The number of rotatable bonds is 3. The molecular weight excluding hydrogens is 313 g/mol. The number of ether oxygens (including phenoxy) is 1. The van der Waals surface area contributed by atoms with Gasteiger partial charge in [-0.2, -0.15) is 0 Å². The Kier molecular flexibility index (Phi) is 3.85. The fourth-order valence-electron chi connectivity index (χ4n) is 1.59. The van der Waals surface area contributed by atoms with Gasteiger partial charge in [-0.25, -0.2) is 4.39 Å². The largest absolute Gasteiger partial charge is 0.456 e. The van der Waals surface area contributed by atoms with Gasteiger partial charge < -0.3 is 10.5 Å². The topological polar surface area (TPSA) is 52.3 Å². The van der Waals surface area contributed by atoms with E-state index in [2.05, 4.69) is 15.9 Å². The van der Waals surface area contributed by atoms with Gasteiger partial charge in [0, 0.05) is 17.3 Å². The highest BCUT2D eigenvalue weighted by atomic mass is 79.9. The van der Waals surface area contributed by atoms with E-state index in [1.165, 1.54) is 25.1 Å². The molecule has 0 aromatic heterocycles. The summed E-state index contributed by atoms with van der Waals surface area (Å²) in [4.78, 5) is 11.4. The fraction of sp³-hybridized carbons (Fsp3) is 0.0714. The van der Waals surface area contributed by atoms with Crippen molar-refractivity contribution in [1.82, 2.24) is 0 Å². The quantitative estimate of drug-likeness (QED) is 0.681. The first-order chi connectivity index (χ1) is 8.97. The minimum Gasteiger partial charge on any atom is -0.456 e. The number of Topliss-reactive ketones (excluding diaryl/α,β-unsaturated/α-hetero) is 1. The molecule has 0 bridgehead atoms. The van der Waals surface area contributed by atoms with Crippen LogP contribution >= 0.6 is 15.9 Å². The number of ketones is 1. The maximum absolute atomic E-state index is 13.1. The average Bonchev–Trinajstić information content (AvgIpc) is 2.36. The van der Waals surface area contributed by atoms with Crippen molar-refractivity contribution < 1.29 is 13.9 Å². The molecule has 0 heterocycles. The van der Waals surface area contributed by atoms with Crippen molar-refractivity contribution in [3.8, 4) is 11.5 Å². The number of nitrogens with two attached hydrogens (primary N) is 1. The second-order valence-corrected chi connectivity index (χ2v) is 4.84. The molecule has 0 unspecified atom stereocenters. The molecule has 0 atom stereocenters. The summed E-state index contributed by atoms with van der Waals surface area (Å²) in [5.74, 6) is 0.201. The van der Waals surface area contributed by atoms with Gasteiger partial charge >= 0.3 is 0 Å². The van der Waals surface area contributed by atoms with E-state index in [4.69, 9.17) is 10.5 Å². The Morgan fingerprint density at radius 2 is 2.00 bits per heavy atom. The number of anilines is 1. The molecule has 2 aromatic rings. The number of hydrogen-bond acceptors (Lipinski definition) is 3. The highest BCUT2D eigenvalue weighted by Crippen LogP contribution is 2.31. The van der Waals surface area contributed by atoms with Crippen LogP contribution in [0.1, 0.15) is 17.3 Å². The Balaban J connectivity index is 2.36. The normalized spacial score (nSPS) is 10.3. The zero-order valence-electron chi connectivity index (χ0n) is 10.1. The molecule has 2 rings (SSSR count). The Hall–Kier alpha value is -1.88. The molecule has 0 amide bonds. The van der Waals surface area contributed by atoms with Crippen LogP contribution in [0.15, 0.2) is 40.9 Å². The fourth-order valence-corrected chi connectivity index (χ4v) is 1.91. The van der Waals surface area contributed by atoms with Crippen molar-refractivity contribution in [1.29, 1.82) is 0 Å². The maximum atomic E-state index is 13.1. The zero-order valence-corrected chi connectivity index (χ0v) is 11.7. The second-order valence-electron chi connectivity index (χ2n) is 3.98. The summed E-state index contributed by atoms with van der Waals surface area (Å²) in [6.07, 6.45) is 0. The third-order valence-corrected chi connectivity index (χ3v) is 3.18. The molecule has 0 aliphatic carbocycles. The van der Waals surface area contributed by atoms with Gasteiger partial charge in [-0.05, 0) is 53.2 Å². The molecule has 0 aliphatic rings. The second kappa shape index (κ2) is 5.40. The molecule has 98 valence electrons. The number of carbonyl (C=O) groups excluding carboxylic acids is 1. The van der Waals surface area contributed by atoms with Crippen molar-refractivity contribution in [2.75, 3.05) is 5.73 Å². The standard InChI is InChI=1S/C14H11BrFNO2/c1-8(18)11-7-10(3-5-13(11)17)19-14-6-9(16)2-4-12(14)15/h2-7H,17H2,1H3. The summed E-state index contributed by atoms with van der Waals surface area (Å²) in [5.41, 5.74) is 6.46. The first-order valence-electron chi connectivity index (χ1n) is 5.51. The number of benzene rings is 2. The predicted molar refractivity (Wildman–Crippen MR) is 75.0 cm³/mol. The molecule has 0 spiro atoms. The van der Waals surface area contributed by atoms with E-state index in [-0.39, 0.29) is 5.78 Å². The molecule has 19 heavy (non-hydrogen) atoms. The number of hydrogen-bond donors (Lipinski definition) is 1. The summed E-state index contributed by atoms with van der Waals surface area (Å²) < 4.78 is 19.3. The first-order valence-corrected chi connectivity index (χ1v) is 6.30. The van der Waals surface area contributed by atoms with E-state index in [1.54, 1.807) is 18.2 Å². The molecule has 0 saturated heterocycles. The van der Waals surface area contributed by atoms with E-state index in [1.807, 2.05) is 0 Å². The zero-order chi connectivity index (χ0) is 14.0. The van der Waals surface area contributed by atoms with Crippen LogP contribution in [-0.2, 0) is 0 Å². The van der Waals surface area contributed by atoms with Gasteiger partial charge in [0.25, 0.3) is 0 Å². The molecule has 0 saturated carbocycles. The predicted octanol–water partition coefficient (Wildman–Crippen LogP) is 4.17. The van der Waals surface area contributed by atoms with Crippen LogP contribution < -0.4 is 10.5 Å². The number of nitrogen functional groups attached to an aromatic ring is 1. The summed E-state index contributed by atoms with van der Waals surface area (Å²) in [6.45, 7) is 1.42. The van der Waals surface area contributed by atoms with Crippen molar-refractivity contribution in [2.45, 2.75) is 6.92 Å². The Labute approximate surface area is 118 Å². The lowest BCUT2D eigenvalue weighted by molar-refractivity contribution is 0.101. The third kappa shape index (κ3) is 3.12. The van der Waals surface area contributed by atoms with Crippen LogP contribution in [0.25, 0.3) is 0 Å². The molecule has 2 N–H and O–H groups in total. The third-order valence-electron chi connectivity index (χ3n) is 2.53. The van der Waals surface area contributed by atoms with Gasteiger partial charge in [0.1, 0.15) is 17.3 Å². The Morgan fingerprint density at radius 3 is 2.68 bits per heavy atom. The summed E-state index contributed by atoms with van der Waals surface area (Å²) in [5, 5.41) is 0. The minimum absolute atomic E-state index is 0.152. The highest BCUT2D eigenvalue weighted by Gasteiger charge is 2.09.